The van der Waals surface area contributed by atoms with Crippen molar-refractivity contribution in [1.82, 2.24) is 0 Å². The van der Waals surface area contributed by atoms with Crippen molar-refractivity contribution < 1.29 is 9.47 Å². The van der Waals surface area contributed by atoms with Gasteiger partial charge in [-0.15, -0.1) is 0 Å². The third-order valence-corrected chi connectivity index (χ3v) is 11.4. The van der Waals surface area contributed by atoms with Gasteiger partial charge in [-0.1, -0.05) is 182 Å². The largest absolute Gasteiger partial charge is 0.497 e. The molecule has 0 atom stereocenters. The van der Waals surface area contributed by atoms with Gasteiger partial charge in [0.05, 0.1) is 14.2 Å². The minimum atomic E-state index is 0.836. The van der Waals surface area contributed by atoms with E-state index in [4.69, 9.17) is 9.47 Å². The summed E-state index contributed by atoms with van der Waals surface area (Å²) in [5, 5.41) is 4.87. The molecule has 0 radical (unpaired) electrons. The highest BCUT2D eigenvalue weighted by Crippen LogP contribution is 2.33. The third kappa shape index (κ3) is 8.96. The molecule has 0 saturated carbocycles. The van der Waals surface area contributed by atoms with Crippen molar-refractivity contribution in [1.29, 1.82) is 0 Å². The average Bonchev–Trinajstić information content (AvgIpc) is 3.34. The van der Waals surface area contributed by atoms with Crippen LogP contribution in [0.4, 0.5) is 0 Å². The van der Waals surface area contributed by atoms with Crippen molar-refractivity contribution in [2.45, 2.75) is 0 Å². The summed E-state index contributed by atoms with van der Waals surface area (Å²) < 4.78 is 11.0. The molecule has 62 heavy (non-hydrogen) atoms. The van der Waals surface area contributed by atoms with E-state index in [1.165, 1.54) is 21.5 Å². The van der Waals surface area contributed by atoms with Crippen LogP contribution in [-0.2, 0) is 0 Å². The minimum absolute atomic E-state index is 0.836. The molecule has 0 aromatic heterocycles. The zero-order valence-electron chi connectivity index (χ0n) is 34.9. The minimum Gasteiger partial charge on any atom is -0.497 e. The number of methoxy groups -OCH3 is 2. The second kappa shape index (κ2) is 18.5. The van der Waals surface area contributed by atoms with Crippen LogP contribution in [0.1, 0.15) is 55.6 Å². The Morgan fingerprint density at radius 2 is 0.613 bits per heavy atom. The molecule has 298 valence electrons. The van der Waals surface area contributed by atoms with Crippen molar-refractivity contribution in [2.24, 2.45) is 0 Å². The topological polar surface area (TPSA) is 18.5 Å². The van der Waals surface area contributed by atoms with Crippen LogP contribution in [0.2, 0.25) is 0 Å². The van der Waals surface area contributed by atoms with Gasteiger partial charge in [0, 0.05) is 0 Å². The zero-order valence-corrected chi connectivity index (χ0v) is 34.9. The summed E-state index contributed by atoms with van der Waals surface area (Å²) in [6, 6.07) is 72.8. The van der Waals surface area contributed by atoms with E-state index in [-0.39, 0.29) is 0 Å². The maximum absolute atomic E-state index is 5.49. The summed E-state index contributed by atoms with van der Waals surface area (Å²) in [7, 11) is 3.40. The summed E-state index contributed by atoms with van der Waals surface area (Å²) in [6.45, 7) is 0. The van der Waals surface area contributed by atoms with E-state index in [1.807, 2.05) is 24.3 Å². The quantitative estimate of drug-likeness (QED) is 0.0905. The van der Waals surface area contributed by atoms with Gasteiger partial charge in [-0.2, -0.15) is 0 Å². The average molecular weight is 799 g/mol. The van der Waals surface area contributed by atoms with Gasteiger partial charge in [0.1, 0.15) is 11.5 Å². The molecule has 0 fully saturated rings. The number of benzene rings is 9. The Balaban J connectivity index is 1.14. The molecular weight excluding hydrogens is 753 g/mol. The molecule has 0 saturated heterocycles. The molecule has 0 aliphatic carbocycles. The number of rotatable bonds is 12. The fraction of sp³-hybridized carbons (Fsp3) is 0.0333. The maximum atomic E-state index is 5.49. The molecule has 0 amide bonds. The first-order valence-electron chi connectivity index (χ1n) is 21.0. The van der Waals surface area contributed by atoms with Crippen molar-refractivity contribution in [3.63, 3.8) is 0 Å². The fourth-order valence-electron chi connectivity index (χ4n) is 8.02. The first-order valence-corrected chi connectivity index (χ1v) is 21.0. The van der Waals surface area contributed by atoms with Gasteiger partial charge in [-0.05, 0) is 149 Å². The summed E-state index contributed by atoms with van der Waals surface area (Å²) >= 11 is 0. The van der Waals surface area contributed by atoms with Crippen molar-refractivity contribution >= 4 is 69.1 Å². The lowest BCUT2D eigenvalue weighted by Gasteiger charge is -2.12. The van der Waals surface area contributed by atoms with Crippen molar-refractivity contribution in [3.05, 3.63) is 262 Å². The molecule has 2 heteroatoms. The number of fused-ring (bicyclic) bond motifs is 2. The Bertz CT molecular complexity index is 2880. The molecular formula is C60H46O2. The van der Waals surface area contributed by atoms with Gasteiger partial charge in [0.15, 0.2) is 0 Å². The van der Waals surface area contributed by atoms with Gasteiger partial charge in [-0.25, -0.2) is 0 Å². The molecule has 9 rings (SSSR count). The SMILES string of the molecule is COc1ccc(C(=Cc2ccccc2C=Cc2cc3cc4ccccc4cc3cc2C=Cc2ccccc2C=C(c2ccccc2)c2ccc(OC)cc2)c2ccccc2)cc1. The van der Waals surface area contributed by atoms with E-state index in [9.17, 15) is 0 Å². The molecule has 0 N–H and O–H groups in total. The van der Waals surface area contributed by atoms with Crippen LogP contribution in [0.5, 0.6) is 11.5 Å². The summed E-state index contributed by atoms with van der Waals surface area (Å²) in [5.74, 6) is 1.67. The van der Waals surface area contributed by atoms with Gasteiger partial charge < -0.3 is 9.47 Å². The summed E-state index contributed by atoms with van der Waals surface area (Å²) in [5.41, 5.74) is 13.6. The van der Waals surface area contributed by atoms with Gasteiger partial charge >= 0.3 is 0 Å². The number of hydrogen-bond donors (Lipinski definition) is 0. The molecule has 9 aromatic rings. The van der Waals surface area contributed by atoms with Crippen LogP contribution < -0.4 is 9.47 Å². The highest BCUT2D eigenvalue weighted by Gasteiger charge is 2.11. The smallest absolute Gasteiger partial charge is 0.118 e. The second-order valence-electron chi connectivity index (χ2n) is 15.3. The highest BCUT2D eigenvalue weighted by molar-refractivity contribution is 6.02. The van der Waals surface area contributed by atoms with Gasteiger partial charge in [0.2, 0.25) is 0 Å². The van der Waals surface area contributed by atoms with Gasteiger partial charge in [-0.3, -0.25) is 0 Å². The Labute approximate surface area is 364 Å². The van der Waals surface area contributed by atoms with E-state index in [1.54, 1.807) is 14.2 Å². The lowest BCUT2D eigenvalue weighted by atomic mass is 9.93. The predicted molar refractivity (Wildman–Crippen MR) is 265 cm³/mol. The molecule has 0 aliphatic heterocycles. The Kier molecular flexibility index (Phi) is 11.8. The molecule has 0 unspecified atom stereocenters. The van der Waals surface area contributed by atoms with Crippen LogP contribution in [0.25, 0.3) is 69.1 Å². The van der Waals surface area contributed by atoms with E-state index < -0.39 is 0 Å². The monoisotopic (exact) mass is 798 g/mol. The van der Waals surface area contributed by atoms with Crippen LogP contribution in [0, 0.1) is 0 Å². The lowest BCUT2D eigenvalue weighted by molar-refractivity contribution is 0.414. The number of hydrogen-bond acceptors (Lipinski definition) is 2. The van der Waals surface area contributed by atoms with E-state index >= 15 is 0 Å². The van der Waals surface area contributed by atoms with Crippen molar-refractivity contribution in [3.8, 4) is 11.5 Å². The second-order valence-corrected chi connectivity index (χ2v) is 15.3. The zero-order chi connectivity index (χ0) is 42.1. The maximum Gasteiger partial charge on any atom is 0.118 e. The Morgan fingerprint density at radius 1 is 0.290 bits per heavy atom. The molecule has 9 aromatic carbocycles. The normalized spacial score (nSPS) is 12.1. The predicted octanol–water partition coefficient (Wildman–Crippen LogP) is 15.5. The molecule has 0 heterocycles. The van der Waals surface area contributed by atoms with E-state index in [0.29, 0.717) is 0 Å². The van der Waals surface area contributed by atoms with Gasteiger partial charge in [0.25, 0.3) is 0 Å². The van der Waals surface area contributed by atoms with Crippen LogP contribution in [-0.4, -0.2) is 14.2 Å². The summed E-state index contributed by atoms with van der Waals surface area (Å²) in [6.07, 6.45) is 13.6. The van der Waals surface area contributed by atoms with E-state index in [2.05, 4.69) is 218 Å². The Morgan fingerprint density at radius 3 is 1.00 bits per heavy atom. The van der Waals surface area contributed by atoms with Crippen molar-refractivity contribution in [2.75, 3.05) is 14.2 Å². The first-order chi connectivity index (χ1) is 30.6. The van der Waals surface area contributed by atoms with Crippen LogP contribution >= 0.6 is 0 Å². The molecule has 0 aliphatic rings. The standard InChI is InChI=1S/C60H46O2/c1-61-57-33-29-47(30-34-57)59(45-17-5-3-6-18-45)41-51-23-11-9-15-43(51)25-27-53-39-55-37-49-21-13-14-22-50(49)38-56(55)40-54(53)28-26-44-16-10-12-24-52(44)42-60(46-19-7-4-8-20-46)48-31-35-58(62-2)36-32-48/h3-42H,1-2H3. The molecule has 0 spiro atoms. The third-order valence-electron chi connectivity index (χ3n) is 11.4. The number of ether oxygens (including phenoxy) is 2. The lowest BCUT2D eigenvalue weighted by Crippen LogP contribution is -1.91. The molecule has 0 bridgehead atoms. The highest BCUT2D eigenvalue weighted by atomic mass is 16.5. The summed E-state index contributed by atoms with van der Waals surface area (Å²) in [4.78, 5) is 0. The fourth-order valence-corrected chi connectivity index (χ4v) is 8.02. The Hall–Kier alpha value is -7.94. The first kappa shape index (κ1) is 39.5. The van der Waals surface area contributed by atoms with Crippen LogP contribution in [0.3, 0.4) is 0 Å². The molecule has 2 nitrogen and oxygen atoms in total. The van der Waals surface area contributed by atoms with E-state index in [0.717, 1.165) is 78.3 Å². The van der Waals surface area contributed by atoms with Crippen LogP contribution in [0.15, 0.2) is 206 Å².